The summed E-state index contributed by atoms with van der Waals surface area (Å²) < 4.78 is 17.5. The summed E-state index contributed by atoms with van der Waals surface area (Å²) in [5.41, 5.74) is 7.24. The second-order valence-corrected chi connectivity index (χ2v) is 10.8. The van der Waals surface area contributed by atoms with Crippen molar-refractivity contribution >= 4 is 24.6 Å². The summed E-state index contributed by atoms with van der Waals surface area (Å²) in [6, 6.07) is 7.81. The maximum Gasteiger partial charge on any atom is 0.494 e. The number of hydrogen-bond acceptors (Lipinski definition) is 6. The van der Waals surface area contributed by atoms with Gasteiger partial charge in [0.1, 0.15) is 5.82 Å². The van der Waals surface area contributed by atoms with Gasteiger partial charge in [0, 0.05) is 12.5 Å². The lowest BCUT2D eigenvalue weighted by atomic mass is 9.79. The first-order chi connectivity index (χ1) is 16.9. The third-order valence-corrected chi connectivity index (χ3v) is 7.84. The number of nitrogens with one attached hydrogen (secondary N) is 1. The van der Waals surface area contributed by atoms with Gasteiger partial charge >= 0.3 is 13.2 Å². The Morgan fingerprint density at radius 3 is 2.44 bits per heavy atom. The molecule has 1 aromatic carbocycles. The quantitative estimate of drug-likeness (QED) is 0.566. The second-order valence-electron chi connectivity index (χ2n) is 10.8. The minimum atomic E-state index is -0.936. The molecule has 0 aliphatic carbocycles. The first kappa shape index (κ1) is 26.2. The van der Waals surface area contributed by atoms with E-state index in [0.29, 0.717) is 18.8 Å². The number of hydrogen-bond donors (Lipinski definition) is 2. The van der Waals surface area contributed by atoms with E-state index in [2.05, 4.69) is 9.97 Å². The minimum absolute atomic E-state index is 0.138. The SMILES string of the molecule is CCC(C)C(OC(N)=O)C(=O)N1CCCC1c1ncc(-c2ccc(B3OC(C)(C)C(C)(C)O3)cc2)[nH]1. The number of benzene rings is 1. The molecule has 2 aromatic rings. The predicted octanol–water partition coefficient (Wildman–Crippen LogP) is 3.55. The van der Waals surface area contributed by atoms with Crippen LogP contribution in [-0.4, -0.2) is 57.8 Å². The molecule has 2 fully saturated rings. The van der Waals surface area contributed by atoms with Crippen LogP contribution in [0.2, 0.25) is 0 Å². The zero-order chi connectivity index (χ0) is 26.3. The molecule has 0 spiro atoms. The normalized spacial score (nSPS) is 22.4. The summed E-state index contributed by atoms with van der Waals surface area (Å²) in [6.07, 6.45) is 2.27. The van der Waals surface area contributed by atoms with Crippen LogP contribution in [-0.2, 0) is 18.8 Å². The summed E-state index contributed by atoms with van der Waals surface area (Å²) in [5.74, 6) is 0.351. The Morgan fingerprint density at radius 2 is 1.86 bits per heavy atom. The van der Waals surface area contributed by atoms with E-state index in [0.717, 1.165) is 29.6 Å². The number of carbonyl (C=O) groups is 2. The van der Waals surface area contributed by atoms with Crippen LogP contribution in [0.3, 0.4) is 0 Å². The molecule has 36 heavy (non-hydrogen) atoms. The van der Waals surface area contributed by atoms with E-state index >= 15 is 0 Å². The Labute approximate surface area is 213 Å². The monoisotopic (exact) mass is 496 g/mol. The lowest BCUT2D eigenvalue weighted by Crippen LogP contribution is -2.45. The van der Waals surface area contributed by atoms with E-state index in [1.807, 2.05) is 65.8 Å². The molecule has 10 heteroatoms. The summed E-state index contributed by atoms with van der Waals surface area (Å²) in [7, 11) is -0.416. The highest BCUT2D eigenvalue weighted by molar-refractivity contribution is 6.62. The van der Waals surface area contributed by atoms with Crippen LogP contribution in [0.1, 0.15) is 72.7 Å². The van der Waals surface area contributed by atoms with Crippen LogP contribution in [0.5, 0.6) is 0 Å². The van der Waals surface area contributed by atoms with E-state index in [1.165, 1.54) is 0 Å². The highest BCUT2D eigenvalue weighted by Gasteiger charge is 2.51. The summed E-state index contributed by atoms with van der Waals surface area (Å²) in [4.78, 5) is 34.5. The van der Waals surface area contributed by atoms with Crippen molar-refractivity contribution in [1.82, 2.24) is 14.9 Å². The molecule has 2 saturated heterocycles. The second kappa shape index (κ2) is 9.90. The molecule has 2 aliphatic heterocycles. The van der Waals surface area contributed by atoms with Crippen molar-refractivity contribution < 1.29 is 23.6 Å². The highest BCUT2D eigenvalue weighted by Crippen LogP contribution is 2.37. The molecule has 4 rings (SSSR count). The van der Waals surface area contributed by atoms with Crippen LogP contribution in [0.25, 0.3) is 11.3 Å². The number of nitrogens with zero attached hydrogens (tertiary/aromatic N) is 2. The maximum atomic E-state index is 13.3. The Kier molecular flexibility index (Phi) is 7.21. The van der Waals surface area contributed by atoms with Crippen molar-refractivity contribution in [2.24, 2.45) is 11.7 Å². The van der Waals surface area contributed by atoms with Gasteiger partial charge in [-0.05, 0) is 58.0 Å². The fourth-order valence-electron chi connectivity index (χ4n) is 4.68. The van der Waals surface area contributed by atoms with Crippen LogP contribution >= 0.6 is 0 Å². The molecule has 3 atom stereocenters. The number of rotatable bonds is 7. The van der Waals surface area contributed by atoms with Gasteiger partial charge in [0.05, 0.1) is 29.1 Å². The van der Waals surface area contributed by atoms with Crippen molar-refractivity contribution in [3.05, 3.63) is 36.3 Å². The lowest BCUT2D eigenvalue weighted by molar-refractivity contribution is -0.144. The number of aromatic nitrogens is 2. The Morgan fingerprint density at radius 1 is 1.22 bits per heavy atom. The number of ether oxygens (including phenoxy) is 1. The Hall–Kier alpha value is -2.85. The zero-order valence-corrected chi connectivity index (χ0v) is 22.0. The van der Waals surface area contributed by atoms with Gasteiger partial charge in [-0.2, -0.15) is 0 Å². The van der Waals surface area contributed by atoms with Gasteiger partial charge in [-0.15, -0.1) is 0 Å². The van der Waals surface area contributed by atoms with Gasteiger partial charge in [-0.1, -0.05) is 38.1 Å². The fourth-order valence-corrected chi connectivity index (χ4v) is 4.68. The number of primary amides is 1. The predicted molar refractivity (Wildman–Crippen MR) is 137 cm³/mol. The molecule has 3 unspecified atom stereocenters. The summed E-state index contributed by atoms with van der Waals surface area (Å²) in [6.45, 7) is 12.6. The van der Waals surface area contributed by atoms with Crippen LogP contribution in [0.4, 0.5) is 4.79 Å². The van der Waals surface area contributed by atoms with Gasteiger partial charge < -0.3 is 29.7 Å². The van der Waals surface area contributed by atoms with Gasteiger partial charge in [0.25, 0.3) is 5.91 Å². The number of imidazole rings is 1. The van der Waals surface area contributed by atoms with Gasteiger partial charge in [0.2, 0.25) is 0 Å². The number of carbonyl (C=O) groups excluding carboxylic acids is 2. The van der Waals surface area contributed by atoms with Gasteiger partial charge in [0.15, 0.2) is 6.10 Å². The van der Waals surface area contributed by atoms with Gasteiger partial charge in [-0.3, -0.25) is 4.79 Å². The van der Waals surface area contributed by atoms with Crippen molar-refractivity contribution in [2.75, 3.05) is 6.54 Å². The third-order valence-electron chi connectivity index (χ3n) is 7.84. The van der Waals surface area contributed by atoms with E-state index in [-0.39, 0.29) is 17.9 Å². The van der Waals surface area contributed by atoms with Crippen molar-refractivity contribution in [1.29, 1.82) is 0 Å². The number of aromatic amines is 1. The summed E-state index contributed by atoms with van der Waals surface area (Å²) in [5, 5.41) is 0. The fraction of sp³-hybridized carbons (Fsp3) is 0.577. The molecule has 1 aromatic heterocycles. The smallest absolute Gasteiger partial charge is 0.436 e. The minimum Gasteiger partial charge on any atom is -0.436 e. The molecule has 0 bridgehead atoms. The van der Waals surface area contributed by atoms with E-state index < -0.39 is 30.5 Å². The molecule has 3 heterocycles. The van der Waals surface area contributed by atoms with Crippen LogP contribution < -0.4 is 11.2 Å². The first-order valence-electron chi connectivity index (χ1n) is 12.7. The number of likely N-dealkylation sites (tertiary alicyclic amines) is 1. The van der Waals surface area contributed by atoms with Crippen molar-refractivity contribution in [3.63, 3.8) is 0 Å². The van der Waals surface area contributed by atoms with E-state index in [4.69, 9.17) is 19.8 Å². The largest absolute Gasteiger partial charge is 0.494 e. The van der Waals surface area contributed by atoms with E-state index in [1.54, 1.807) is 11.1 Å². The molecule has 194 valence electrons. The molecular formula is C26H37BN4O5. The van der Waals surface area contributed by atoms with Crippen LogP contribution in [0, 0.1) is 5.92 Å². The molecule has 2 amide bonds. The topological polar surface area (TPSA) is 120 Å². The molecule has 3 N–H and O–H groups in total. The van der Waals surface area contributed by atoms with Crippen molar-refractivity contribution in [2.45, 2.75) is 84.2 Å². The highest BCUT2D eigenvalue weighted by atomic mass is 16.7. The Balaban J connectivity index is 1.49. The number of H-pyrrole nitrogens is 1. The molecule has 9 nitrogen and oxygen atoms in total. The summed E-state index contributed by atoms with van der Waals surface area (Å²) >= 11 is 0. The maximum absolute atomic E-state index is 13.3. The van der Waals surface area contributed by atoms with Crippen LogP contribution in [0.15, 0.2) is 30.5 Å². The van der Waals surface area contributed by atoms with E-state index in [9.17, 15) is 9.59 Å². The lowest BCUT2D eigenvalue weighted by Gasteiger charge is -2.32. The third kappa shape index (κ3) is 5.02. The molecular weight excluding hydrogens is 459 g/mol. The number of nitrogens with two attached hydrogens (primary N) is 1. The first-order valence-corrected chi connectivity index (χ1v) is 12.7. The van der Waals surface area contributed by atoms with Crippen molar-refractivity contribution in [3.8, 4) is 11.3 Å². The zero-order valence-electron chi connectivity index (χ0n) is 22.0. The molecule has 0 saturated carbocycles. The van der Waals surface area contributed by atoms with Gasteiger partial charge in [-0.25, -0.2) is 9.78 Å². The molecule has 2 aliphatic rings. The Bertz CT molecular complexity index is 1080. The average Bonchev–Trinajstić information content (AvgIpc) is 3.54. The average molecular weight is 496 g/mol. The standard InChI is InChI=1S/C26H37BN4O5/c1-7-16(2)21(34-24(28)33)23(32)31-14-8-9-20(31)22-29-15-19(30-22)17-10-12-18(13-11-17)27-35-25(3,4)26(5,6)36-27/h10-13,15-16,20-21H,7-9,14H2,1-6H3,(H2,28,33)(H,29,30). The molecule has 0 radical (unpaired) electrons. The number of amides is 2.